The lowest BCUT2D eigenvalue weighted by molar-refractivity contribution is -0.147. The van der Waals surface area contributed by atoms with Gasteiger partial charge in [-0.05, 0) is 25.5 Å². The van der Waals surface area contributed by atoms with Crippen LogP contribution >= 0.6 is 23.2 Å². The molecular weight excluding hydrogens is 301 g/mol. The van der Waals surface area contributed by atoms with Gasteiger partial charge in [0.25, 0.3) is 5.91 Å². The molecule has 20 heavy (non-hydrogen) atoms. The highest BCUT2D eigenvalue weighted by molar-refractivity contribution is 6.43. The molecule has 1 rings (SSSR count). The molecule has 0 fully saturated rings. The molecule has 0 aliphatic carbocycles. The summed E-state index contributed by atoms with van der Waals surface area (Å²) in [6, 6.07) is 4.76. The molecule has 0 spiro atoms. The van der Waals surface area contributed by atoms with Crippen molar-refractivity contribution in [2.24, 2.45) is 0 Å². The van der Waals surface area contributed by atoms with Crippen molar-refractivity contribution in [1.82, 2.24) is 5.32 Å². The zero-order valence-electron chi connectivity index (χ0n) is 11.6. The quantitative estimate of drug-likeness (QED) is 0.846. The van der Waals surface area contributed by atoms with Gasteiger partial charge in [-0.15, -0.1) is 0 Å². The molecule has 0 heterocycles. The van der Waals surface area contributed by atoms with E-state index in [0.29, 0.717) is 6.42 Å². The Bertz CT molecular complexity index is 519. The topological polar surface area (TPSA) is 55.4 Å². The van der Waals surface area contributed by atoms with Gasteiger partial charge in [-0.1, -0.05) is 42.6 Å². The van der Waals surface area contributed by atoms with E-state index >= 15 is 0 Å². The number of hydrogen-bond donors (Lipinski definition) is 1. The Morgan fingerprint density at radius 1 is 1.35 bits per heavy atom. The Morgan fingerprint density at radius 2 is 2.00 bits per heavy atom. The highest BCUT2D eigenvalue weighted by atomic mass is 35.5. The molecule has 1 aromatic carbocycles. The van der Waals surface area contributed by atoms with Gasteiger partial charge in [-0.2, -0.15) is 0 Å². The highest BCUT2D eigenvalue weighted by Gasteiger charge is 2.35. The summed E-state index contributed by atoms with van der Waals surface area (Å²) in [5.74, 6) is -0.954. The molecule has 0 unspecified atom stereocenters. The van der Waals surface area contributed by atoms with Gasteiger partial charge in [-0.25, -0.2) is 4.79 Å². The largest absolute Gasteiger partial charge is 0.467 e. The molecule has 4 nitrogen and oxygen atoms in total. The number of methoxy groups -OCH3 is 1. The van der Waals surface area contributed by atoms with Crippen LogP contribution in [0.3, 0.4) is 0 Å². The molecule has 0 aromatic heterocycles. The summed E-state index contributed by atoms with van der Waals surface area (Å²) in [6.45, 7) is 3.54. The van der Waals surface area contributed by atoms with E-state index in [1.165, 1.54) is 7.11 Å². The molecule has 0 saturated carbocycles. The molecule has 1 aromatic rings. The van der Waals surface area contributed by atoms with Crippen LogP contribution in [0.5, 0.6) is 0 Å². The van der Waals surface area contributed by atoms with Crippen LogP contribution in [0.15, 0.2) is 18.2 Å². The van der Waals surface area contributed by atoms with E-state index in [1.807, 2.05) is 6.92 Å². The Balaban J connectivity index is 3.03. The number of esters is 1. The third-order valence-corrected chi connectivity index (χ3v) is 3.79. The van der Waals surface area contributed by atoms with Crippen molar-refractivity contribution in [1.29, 1.82) is 0 Å². The summed E-state index contributed by atoms with van der Waals surface area (Å²) in [5, 5.41) is 3.12. The number of carbonyl (C=O) groups excluding carboxylic acids is 2. The number of halogens is 2. The second-order valence-corrected chi connectivity index (χ2v) is 5.41. The van der Waals surface area contributed by atoms with Crippen LogP contribution in [-0.4, -0.2) is 24.5 Å². The minimum atomic E-state index is -1.09. The van der Waals surface area contributed by atoms with Gasteiger partial charge in [0.2, 0.25) is 0 Å². The molecule has 0 bridgehead atoms. The van der Waals surface area contributed by atoms with E-state index in [1.54, 1.807) is 25.1 Å². The molecule has 0 radical (unpaired) electrons. The monoisotopic (exact) mass is 317 g/mol. The van der Waals surface area contributed by atoms with Crippen molar-refractivity contribution >= 4 is 35.1 Å². The highest BCUT2D eigenvalue weighted by Crippen LogP contribution is 2.26. The van der Waals surface area contributed by atoms with E-state index in [2.05, 4.69) is 5.32 Å². The van der Waals surface area contributed by atoms with E-state index in [-0.39, 0.29) is 15.6 Å². The lowest BCUT2D eigenvalue weighted by Gasteiger charge is -2.27. The van der Waals surface area contributed by atoms with Crippen molar-refractivity contribution in [3.8, 4) is 0 Å². The van der Waals surface area contributed by atoms with Crippen LogP contribution in [0, 0.1) is 0 Å². The number of nitrogens with one attached hydrogen (secondary N) is 1. The van der Waals surface area contributed by atoms with Crippen LogP contribution in [0.2, 0.25) is 10.0 Å². The number of hydrogen-bond acceptors (Lipinski definition) is 3. The normalized spacial score (nSPS) is 13.4. The minimum Gasteiger partial charge on any atom is -0.467 e. The fourth-order valence-electron chi connectivity index (χ4n) is 1.94. The Kier molecular flexibility index (Phi) is 5.84. The number of amides is 1. The average Bonchev–Trinajstić information content (AvgIpc) is 2.40. The van der Waals surface area contributed by atoms with E-state index in [9.17, 15) is 9.59 Å². The van der Waals surface area contributed by atoms with Crippen LogP contribution in [0.4, 0.5) is 0 Å². The van der Waals surface area contributed by atoms with Gasteiger partial charge >= 0.3 is 5.97 Å². The first-order valence-corrected chi connectivity index (χ1v) is 6.96. The van der Waals surface area contributed by atoms with Crippen molar-refractivity contribution in [3.05, 3.63) is 33.8 Å². The molecule has 1 amide bonds. The summed E-state index contributed by atoms with van der Waals surface area (Å²) in [5.41, 5.74) is -0.864. The summed E-state index contributed by atoms with van der Waals surface area (Å²) in [7, 11) is 1.29. The first kappa shape index (κ1) is 16.8. The lowest BCUT2D eigenvalue weighted by Crippen LogP contribution is -2.52. The van der Waals surface area contributed by atoms with Crippen LogP contribution in [0.1, 0.15) is 37.0 Å². The predicted octanol–water partition coefficient (Wildman–Crippen LogP) is 3.46. The van der Waals surface area contributed by atoms with Crippen molar-refractivity contribution in [3.63, 3.8) is 0 Å². The van der Waals surface area contributed by atoms with Gasteiger partial charge in [0.05, 0.1) is 22.7 Å². The van der Waals surface area contributed by atoms with Crippen LogP contribution in [-0.2, 0) is 9.53 Å². The van der Waals surface area contributed by atoms with Crippen LogP contribution in [0.25, 0.3) is 0 Å². The number of carbonyl (C=O) groups is 2. The standard InChI is InChI=1S/C14H17Cl2NO3/c1-4-8-14(2,13(19)20-3)17-12(18)9-6-5-7-10(15)11(9)16/h5-7H,4,8H2,1-3H3,(H,17,18)/t14-/m0/s1. The zero-order chi connectivity index (χ0) is 15.3. The summed E-state index contributed by atoms with van der Waals surface area (Å²) in [4.78, 5) is 24.1. The van der Waals surface area contributed by atoms with E-state index in [0.717, 1.165) is 6.42 Å². The Morgan fingerprint density at radius 3 is 2.55 bits per heavy atom. The van der Waals surface area contributed by atoms with Crippen molar-refractivity contribution < 1.29 is 14.3 Å². The molecule has 1 atom stereocenters. The summed E-state index contributed by atoms with van der Waals surface area (Å²) >= 11 is 11.9. The number of ether oxygens (including phenoxy) is 1. The van der Waals surface area contributed by atoms with Gasteiger partial charge in [0, 0.05) is 0 Å². The third-order valence-electron chi connectivity index (χ3n) is 2.97. The molecule has 0 aliphatic rings. The smallest absolute Gasteiger partial charge is 0.331 e. The number of benzene rings is 1. The first-order valence-electron chi connectivity index (χ1n) is 6.20. The SMILES string of the molecule is CCC[C@](C)(NC(=O)c1cccc(Cl)c1Cl)C(=O)OC. The van der Waals surface area contributed by atoms with Gasteiger partial charge < -0.3 is 10.1 Å². The predicted molar refractivity (Wildman–Crippen MR) is 79.3 cm³/mol. The number of rotatable bonds is 5. The van der Waals surface area contributed by atoms with Crippen LogP contribution < -0.4 is 5.32 Å². The average molecular weight is 318 g/mol. The maximum absolute atomic E-state index is 12.3. The summed E-state index contributed by atoms with van der Waals surface area (Å²) in [6.07, 6.45) is 1.18. The molecule has 0 aliphatic heterocycles. The van der Waals surface area contributed by atoms with E-state index in [4.69, 9.17) is 27.9 Å². The van der Waals surface area contributed by atoms with Gasteiger partial charge in [0.15, 0.2) is 0 Å². The Hall–Kier alpha value is -1.26. The molecular formula is C14H17Cl2NO3. The zero-order valence-corrected chi connectivity index (χ0v) is 13.1. The Labute approximate surface area is 128 Å². The third kappa shape index (κ3) is 3.64. The van der Waals surface area contributed by atoms with Gasteiger partial charge in [0.1, 0.15) is 5.54 Å². The molecule has 1 N–H and O–H groups in total. The van der Waals surface area contributed by atoms with E-state index < -0.39 is 17.4 Å². The molecule has 6 heteroatoms. The van der Waals surface area contributed by atoms with Crippen molar-refractivity contribution in [2.75, 3.05) is 7.11 Å². The second-order valence-electron chi connectivity index (χ2n) is 4.63. The fourth-order valence-corrected chi connectivity index (χ4v) is 2.32. The first-order chi connectivity index (χ1) is 9.35. The fraction of sp³-hybridized carbons (Fsp3) is 0.429. The maximum atomic E-state index is 12.3. The second kappa shape index (κ2) is 6.95. The molecule has 0 saturated heterocycles. The lowest BCUT2D eigenvalue weighted by atomic mass is 9.95. The summed E-state index contributed by atoms with van der Waals surface area (Å²) < 4.78 is 4.75. The minimum absolute atomic E-state index is 0.162. The molecule has 110 valence electrons. The van der Waals surface area contributed by atoms with Gasteiger partial charge in [-0.3, -0.25) is 4.79 Å². The van der Waals surface area contributed by atoms with Crippen molar-refractivity contribution in [2.45, 2.75) is 32.2 Å². The maximum Gasteiger partial charge on any atom is 0.331 e.